The first-order valence-corrected chi connectivity index (χ1v) is 4.84. The molecule has 1 unspecified atom stereocenters. The van der Waals surface area contributed by atoms with Crippen molar-refractivity contribution < 1.29 is 32.6 Å². The van der Waals surface area contributed by atoms with Gasteiger partial charge in [-0.2, -0.15) is 13.2 Å². The van der Waals surface area contributed by atoms with E-state index in [1.807, 2.05) is 0 Å². The number of Topliss-reactive ketones (excluding diaryl/α,β-unsaturated/α-hetero) is 1. The molecule has 0 bridgehead atoms. The third-order valence-corrected chi connectivity index (χ3v) is 2.34. The molecule has 1 aromatic carbocycles. The van der Waals surface area contributed by atoms with Crippen molar-refractivity contribution >= 4 is 5.78 Å². The monoisotopic (exact) mass is 266 g/mol. The number of hydrogen-bond acceptors (Lipinski definition) is 3. The molecule has 0 aromatic heterocycles. The van der Waals surface area contributed by atoms with Crippen LogP contribution in [0.1, 0.15) is 15.9 Å². The highest BCUT2D eigenvalue weighted by molar-refractivity contribution is 6.00. The third kappa shape index (κ3) is 2.68. The molecular weight excluding hydrogens is 256 g/mol. The largest absolute Gasteiger partial charge is 0.446 e. The summed E-state index contributed by atoms with van der Waals surface area (Å²) in [6.07, 6.45) is -9.16. The SMILES string of the molecule is Cc1ccc(C(=O)C(F)C(O)(O)C(F)(F)F)cc1. The molecule has 0 aliphatic rings. The highest BCUT2D eigenvalue weighted by atomic mass is 19.4. The summed E-state index contributed by atoms with van der Waals surface area (Å²) in [4.78, 5) is 11.4. The zero-order valence-electron chi connectivity index (χ0n) is 9.20. The Labute approximate surface area is 99.7 Å². The number of carbonyl (C=O) groups excluding carboxylic acids is 1. The lowest BCUT2D eigenvalue weighted by Gasteiger charge is -2.26. The number of hydrogen-bond donors (Lipinski definition) is 2. The second kappa shape index (κ2) is 4.66. The van der Waals surface area contributed by atoms with Gasteiger partial charge in [0, 0.05) is 5.56 Å². The lowest BCUT2D eigenvalue weighted by atomic mass is 10.00. The van der Waals surface area contributed by atoms with Gasteiger partial charge >= 0.3 is 12.0 Å². The summed E-state index contributed by atoms with van der Waals surface area (Å²) in [7, 11) is 0. The molecule has 1 rings (SSSR count). The Kier molecular flexibility index (Phi) is 3.78. The van der Waals surface area contributed by atoms with E-state index in [-0.39, 0.29) is 5.56 Å². The maximum absolute atomic E-state index is 13.3. The molecule has 0 saturated heterocycles. The van der Waals surface area contributed by atoms with Crippen LogP contribution in [-0.4, -0.2) is 34.1 Å². The summed E-state index contributed by atoms with van der Waals surface area (Å²) in [6.45, 7) is 1.67. The van der Waals surface area contributed by atoms with E-state index in [1.165, 1.54) is 12.1 Å². The van der Waals surface area contributed by atoms with Crippen molar-refractivity contribution in [3.05, 3.63) is 35.4 Å². The summed E-state index contributed by atoms with van der Waals surface area (Å²) in [5.74, 6) is -6.34. The van der Waals surface area contributed by atoms with Crippen LogP contribution < -0.4 is 0 Å². The van der Waals surface area contributed by atoms with E-state index < -0.39 is 23.9 Å². The van der Waals surface area contributed by atoms with Gasteiger partial charge in [0.2, 0.25) is 12.0 Å². The number of ketones is 1. The lowest BCUT2D eigenvalue weighted by molar-refractivity contribution is -0.362. The molecular formula is C11H10F4O3. The van der Waals surface area contributed by atoms with Gasteiger partial charge in [-0.1, -0.05) is 29.8 Å². The molecule has 0 aliphatic heterocycles. The van der Waals surface area contributed by atoms with Crippen LogP contribution in [0.25, 0.3) is 0 Å². The predicted molar refractivity (Wildman–Crippen MR) is 53.6 cm³/mol. The van der Waals surface area contributed by atoms with E-state index in [4.69, 9.17) is 10.2 Å². The van der Waals surface area contributed by atoms with Gasteiger partial charge in [-0.25, -0.2) is 4.39 Å². The maximum atomic E-state index is 13.3. The Bertz CT molecular complexity index is 437. The van der Waals surface area contributed by atoms with Gasteiger partial charge in [0.25, 0.3) is 0 Å². The summed E-state index contributed by atoms with van der Waals surface area (Å²) in [5.41, 5.74) is 0.349. The molecule has 0 fully saturated rings. The molecule has 1 atom stereocenters. The van der Waals surface area contributed by atoms with Gasteiger partial charge in [-0.3, -0.25) is 4.79 Å². The zero-order valence-corrected chi connectivity index (χ0v) is 9.20. The fourth-order valence-electron chi connectivity index (χ4n) is 1.19. The number of rotatable bonds is 3. The van der Waals surface area contributed by atoms with E-state index in [9.17, 15) is 22.4 Å². The number of aliphatic hydroxyl groups is 2. The Morgan fingerprint density at radius 3 is 2.00 bits per heavy atom. The Morgan fingerprint density at radius 1 is 1.17 bits per heavy atom. The second-order valence-electron chi connectivity index (χ2n) is 3.82. The summed E-state index contributed by atoms with van der Waals surface area (Å²) in [6, 6.07) is 5.00. The number of aryl methyl sites for hydroxylation is 1. The smallest absolute Gasteiger partial charge is 0.356 e. The van der Waals surface area contributed by atoms with Gasteiger partial charge in [0.15, 0.2) is 0 Å². The van der Waals surface area contributed by atoms with E-state index in [2.05, 4.69) is 0 Å². The Hall–Kier alpha value is -1.47. The van der Waals surface area contributed by atoms with Gasteiger partial charge in [-0.05, 0) is 6.92 Å². The summed E-state index contributed by atoms with van der Waals surface area (Å²) < 4.78 is 49.7. The van der Waals surface area contributed by atoms with Crippen LogP contribution in [0.15, 0.2) is 24.3 Å². The molecule has 7 heteroatoms. The van der Waals surface area contributed by atoms with Crippen molar-refractivity contribution in [2.45, 2.75) is 25.1 Å². The van der Waals surface area contributed by atoms with Crippen molar-refractivity contribution in [1.29, 1.82) is 0 Å². The molecule has 0 saturated carbocycles. The van der Waals surface area contributed by atoms with Crippen LogP contribution >= 0.6 is 0 Å². The zero-order chi connectivity index (χ0) is 14.1. The number of alkyl halides is 4. The van der Waals surface area contributed by atoms with E-state index >= 15 is 0 Å². The normalized spacial score (nSPS) is 14.4. The van der Waals surface area contributed by atoms with Crippen LogP contribution in [0, 0.1) is 6.92 Å². The average molecular weight is 266 g/mol. The van der Waals surface area contributed by atoms with Crippen LogP contribution in [0.5, 0.6) is 0 Å². The Morgan fingerprint density at radius 2 is 1.61 bits per heavy atom. The van der Waals surface area contributed by atoms with Crippen LogP contribution in [0.3, 0.4) is 0 Å². The first-order valence-electron chi connectivity index (χ1n) is 4.84. The standard InChI is InChI=1S/C11H10F4O3/c1-6-2-4-7(5-3-6)8(16)9(12)10(17,18)11(13,14)15/h2-5,9,17-18H,1H3. The van der Waals surface area contributed by atoms with Gasteiger partial charge in [0.1, 0.15) is 0 Å². The lowest BCUT2D eigenvalue weighted by Crippen LogP contribution is -2.55. The van der Waals surface area contributed by atoms with Crippen LogP contribution in [-0.2, 0) is 0 Å². The molecule has 0 radical (unpaired) electrons. The number of benzene rings is 1. The first kappa shape index (κ1) is 14.6. The molecule has 0 spiro atoms. The van der Waals surface area contributed by atoms with Crippen LogP contribution in [0.4, 0.5) is 17.6 Å². The molecule has 2 N–H and O–H groups in total. The van der Waals surface area contributed by atoms with Crippen molar-refractivity contribution in [3.63, 3.8) is 0 Å². The van der Waals surface area contributed by atoms with E-state index in [0.717, 1.165) is 17.7 Å². The molecule has 1 aromatic rings. The van der Waals surface area contributed by atoms with Gasteiger partial charge < -0.3 is 10.2 Å². The fraction of sp³-hybridized carbons (Fsp3) is 0.364. The van der Waals surface area contributed by atoms with Gasteiger partial charge in [0.05, 0.1) is 0 Å². The molecule has 0 heterocycles. The summed E-state index contributed by atoms with van der Waals surface area (Å²) >= 11 is 0. The molecule has 18 heavy (non-hydrogen) atoms. The predicted octanol–water partition coefficient (Wildman–Crippen LogP) is 1.76. The quantitative estimate of drug-likeness (QED) is 0.498. The number of halogens is 4. The highest BCUT2D eigenvalue weighted by Gasteiger charge is 2.61. The third-order valence-electron chi connectivity index (χ3n) is 2.34. The molecule has 3 nitrogen and oxygen atoms in total. The van der Waals surface area contributed by atoms with Crippen molar-refractivity contribution in [2.24, 2.45) is 0 Å². The molecule has 0 aliphatic carbocycles. The van der Waals surface area contributed by atoms with Crippen molar-refractivity contribution in [1.82, 2.24) is 0 Å². The van der Waals surface area contributed by atoms with E-state index in [1.54, 1.807) is 6.92 Å². The number of carbonyl (C=O) groups is 1. The average Bonchev–Trinajstić information content (AvgIpc) is 2.26. The Balaban J connectivity index is 3.01. The highest BCUT2D eigenvalue weighted by Crippen LogP contribution is 2.33. The minimum atomic E-state index is -5.66. The fourth-order valence-corrected chi connectivity index (χ4v) is 1.19. The van der Waals surface area contributed by atoms with E-state index in [0.29, 0.717) is 0 Å². The summed E-state index contributed by atoms with van der Waals surface area (Å²) in [5, 5.41) is 17.3. The maximum Gasteiger partial charge on any atom is 0.446 e. The second-order valence-corrected chi connectivity index (χ2v) is 3.82. The topological polar surface area (TPSA) is 57.5 Å². The van der Waals surface area contributed by atoms with Crippen molar-refractivity contribution in [3.8, 4) is 0 Å². The molecule has 0 amide bonds. The minimum Gasteiger partial charge on any atom is -0.356 e. The van der Waals surface area contributed by atoms with Crippen molar-refractivity contribution in [2.75, 3.05) is 0 Å². The first-order chi connectivity index (χ1) is 8.07. The minimum absolute atomic E-state index is 0.371. The van der Waals surface area contributed by atoms with Gasteiger partial charge in [-0.15, -0.1) is 0 Å². The molecule has 100 valence electrons. The van der Waals surface area contributed by atoms with Crippen LogP contribution in [0.2, 0.25) is 0 Å².